The standard InChI is InChI=1S/C20H24Cl2N2O/c1-15(8-11-24-12-9-23-10-13-24)16-2-5-18(6-3-16)25-20-7-4-17(21)14-19(20)22/h2-7,14-15,23H,8-13H2,1H3. The minimum absolute atomic E-state index is 0.515. The molecule has 1 heterocycles. The highest BCUT2D eigenvalue weighted by Crippen LogP contribution is 2.32. The number of halogens is 2. The van der Waals surface area contributed by atoms with Crippen molar-refractivity contribution in [2.75, 3.05) is 32.7 Å². The first-order valence-electron chi connectivity index (χ1n) is 8.78. The fourth-order valence-electron chi connectivity index (χ4n) is 3.03. The maximum Gasteiger partial charge on any atom is 0.146 e. The Labute approximate surface area is 159 Å². The number of hydrogen-bond acceptors (Lipinski definition) is 3. The third-order valence-electron chi connectivity index (χ3n) is 4.66. The van der Waals surface area contributed by atoms with Gasteiger partial charge in [-0.2, -0.15) is 0 Å². The van der Waals surface area contributed by atoms with Crippen LogP contribution in [0.1, 0.15) is 24.8 Å². The van der Waals surface area contributed by atoms with Crippen molar-refractivity contribution in [3.63, 3.8) is 0 Å². The van der Waals surface area contributed by atoms with E-state index in [0.717, 1.165) is 38.5 Å². The molecule has 5 heteroatoms. The number of nitrogens with zero attached hydrogens (tertiary/aromatic N) is 1. The summed E-state index contributed by atoms with van der Waals surface area (Å²) in [6.45, 7) is 7.96. The molecule has 0 amide bonds. The second-order valence-corrected chi connectivity index (χ2v) is 7.37. The second kappa shape index (κ2) is 8.91. The SMILES string of the molecule is CC(CCN1CCNCC1)c1ccc(Oc2ccc(Cl)cc2Cl)cc1. The summed E-state index contributed by atoms with van der Waals surface area (Å²) >= 11 is 12.1. The van der Waals surface area contributed by atoms with E-state index < -0.39 is 0 Å². The summed E-state index contributed by atoms with van der Waals surface area (Å²) in [6, 6.07) is 13.5. The molecule has 1 unspecified atom stereocenters. The average molecular weight is 379 g/mol. The molecule has 25 heavy (non-hydrogen) atoms. The van der Waals surface area contributed by atoms with Crippen LogP contribution in [0.2, 0.25) is 10.0 Å². The lowest BCUT2D eigenvalue weighted by molar-refractivity contribution is 0.234. The lowest BCUT2D eigenvalue weighted by Crippen LogP contribution is -2.43. The molecule has 1 fully saturated rings. The van der Waals surface area contributed by atoms with E-state index in [1.807, 2.05) is 12.1 Å². The van der Waals surface area contributed by atoms with Gasteiger partial charge in [0, 0.05) is 31.2 Å². The van der Waals surface area contributed by atoms with Crippen LogP contribution in [0.4, 0.5) is 0 Å². The van der Waals surface area contributed by atoms with Gasteiger partial charge in [0.2, 0.25) is 0 Å². The summed E-state index contributed by atoms with van der Waals surface area (Å²) in [5.41, 5.74) is 1.34. The second-order valence-electron chi connectivity index (χ2n) is 6.53. The van der Waals surface area contributed by atoms with Crippen molar-refractivity contribution in [3.05, 3.63) is 58.1 Å². The van der Waals surface area contributed by atoms with Crippen LogP contribution >= 0.6 is 23.2 Å². The van der Waals surface area contributed by atoms with E-state index in [1.165, 1.54) is 12.0 Å². The van der Waals surface area contributed by atoms with Gasteiger partial charge in [-0.05, 0) is 54.8 Å². The summed E-state index contributed by atoms with van der Waals surface area (Å²) in [6.07, 6.45) is 1.17. The van der Waals surface area contributed by atoms with Crippen LogP contribution < -0.4 is 10.1 Å². The molecule has 3 rings (SSSR count). The quantitative estimate of drug-likeness (QED) is 0.748. The van der Waals surface area contributed by atoms with Crippen LogP contribution in [0.25, 0.3) is 0 Å². The van der Waals surface area contributed by atoms with Gasteiger partial charge in [-0.15, -0.1) is 0 Å². The Morgan fingerprint density at radius 1 is 1.08 bits per heavy atom. The fourth-order valence-corrected chi connectivity index (χ4v) is 3.47. The smallest absolute Gasteiger partial charge is 0.146 e. The molecule has 0 aliphatic carbocycles. The first-order valence-corrected chi connectivity index (χ1v) is 9.53. The summed E-state index contributed by atoms with van der Waals surface area (Å²) in [5.74, 6) is 1.93. The first-order chi connectivity index (χ1) is 12.1. The molecule has 134 valence electrons. The van der Waals surface area contributed by atoms with E-state index in [-0.39, 0.29) is 0 Å². The van der Waals surface area contributed by atoms with Gasteiger partial charge in [0.15, 0.2) is 0 Å². The Bertz CT molecular complexity index is 685. The molecule has 0 radical (unpaired) electrons. The largest absolute Gasteiger partial charge is 0.456 e. The molecule has 1 aliphatic heterocycles. The number of hydrogen-bond donors (Lipinski definition) is 1. The molecule has 0 bridgehead atoms. The maximum atomic E-state index is 6.16. The molecule has 1 aliphatic rings. The van der Waals surface area contributed by atoms with E-state index in [4.69, 9.17) is 27.9 Å². The zero-order valence-electron chi connectivity index (χ0n) is 14.5. The Morgan fingerprint density at radius 3 is 2.48 bits per heavy atom. The van der Waals surface area contributed by atoms with E-state index in [9.17, 15) is 0 Å². The summed E-state index contributed by atoms with van der Waals surface area (Å²) in [4.78, 5) is 2.53. The third kappa shape index (κ3) is 5.35. The van der Waals surface area contributed by atoms with Crippen molar-refractivity contribution in [3.8, 4) is 11.5 Å². The van der Waals surface area contributed by atoms with Crippen LogP contribution in [0, 0.1) is 0 Å². The molecule has 3 nitrogen and oxygen atoms in total. The van der Waals surface area contributed by atoms with Crippen molar-refractivity contribution in [2.24, 2.45) is 0 Å². The number of benzene rings is 2. The van der Waals surface area contributed by atoms with Crippen LogP contribution in [-0.2, 0) is 0 Å². The van der Waals surface area contributed by atoms with Gasteiger partial charge in [0.05, 0.1) is 5.02 Å². The highest BCUT2D eigenvalue weighted by atomic mass is 35.5. The van der Waals surface area contributed by atoms with Crippen molar-refractivity contribution in [2.45, 2.75) is 19.3 Å². The molecule has 1 saturated heterocycles. The zero-order chi connectivity index (χ0) is 17.6. The minimum Gasteiger partial charge on any atom is -0.456 e. The van der Waals surface area contributed by atoms with E-state index in [1.54, 1.807) is 18.2 Å². The first kappa shape index (κ1) is 18.5. The van der Waals surface area contributed by atoms with Crippen LogP contribution in [0.5, 0.6) is 11.5 Å². The van der Waals surface area contributed by atoms with E-state index in [0.29, 0.717) is 21.7 Å². The molecule has 1 N–H and O–H groups in total. The van der Waals surface area contributed by atoms with E-state index in [2.05, 4.69) is 29.3 Å². The Hall–Kier alpha value is -1.26. The monoisotopic (exact) mass is 378 g/mol. The molecule has 1 atom stereocenters. The third-order valence-corrected chi connectivity index (χ3v) is 5.19. The lowest BCUT2D eigenvalue weighted by Gasteiger charge is -2.28. The van der Waals surface area contributed by atoms with Gasteiger partial charge in [-0.25, -0.2) is 0 Å². The topological polar surface area (TPSA) is 24.5 Å². The number of rotatable bonds is 6. The van der Waals surface area contributed by atoms with Crippen molar-refractivity contribution in [1.29, 1.82) is 0 Å². The summed E-state index contributed by atoms with van der Waals surface area (Å²) in [7, 11) is 0. The normalized spacial score (nSPS) is 16.6. The fraction of sp³-hybridized carbons (Fsp3) is 0.400. The molecule has 0 spiro atoms. The minimum atomic E-state index is 0.515. The van der Waals surface area contributed by atoms with E-state index >= 15 is 0 Å². The Morgan fingerprint density at radius 2 is 1.80 bits per heavy atom. The van der Waals surface area contributed by atoms with Crippen molar-refractivity contribution < 1.29 is 4.74 Å². The predicted octanol–water partition coefficient (Wildman–Crippen LogP) is 5.18. The Kier molecular flexibility index (Phi) is 6.60. The van der Waals surface area contributed by atoms with Crippen LogP contribution in [0.15, 0.2) is 42.5 Å². The Balaban J connectivity index is 1.55. The highest BCUT2D eigenvalue weighted by molar-refractivity contribution is 6.35. The predicted molar refractivity (Wildman–Crippen MR) is 105 cm³/mol. The number of ether oxygens (including phenoxy) is 1. The van der Waals surface area contributed by atoms with Crippen LogP contribution in [-0.4, -0.2) is 37.6 Å². The molecule has 0 aromatic heterocycles. The molecular weight excluding hydrogens is 355 g/mol. The maximum absolute atomic E-state index is 6.16. The number of nitrogens with one attached hydrogen (secondary N) is 1. The average Bonchev–Trinajstić information content (AvgIpc) is 2.63. The van der Waals surface area contributed by atoms with Gasteiger partial charge >= 0.3 is 0 Å². The van der Waals surface area contributed by atoms with Gasteiger partial charge in [-0.1, -0.05) is 42.3 Å². The summed E-state index contributed by atoms with van der Waals surface area (Å²) in [5, 5.41) is 4.51. The van der Waals surface area contributed by atoms with Crippen LogP contribution in [0.3, 0.4) is 0 Å². The summed E-state index contributed by atoms with van der Waals surface area (Å²) < 4.78 is 5.85. The lowest BCUT2D eigenvalue weighted by atomic mass is 9.97. The van der Waals surface area contributed by atoms with Crippen molar-refractivity contribution >= 4 is 23.2 Å². The van der Waals surface area contributed by atoms with Gasteiger partial charge < -0.3 is 15.0 Å². The van der Waals surface area contributed by atoms with Gasteiger partial charge in [0.1, 0.15) is 11.5 Å². The van der Waals surface area contributed by atoms with Crippen molar-refractivity contribution in [1.82, 2.24) is 10.2 Å². The highest BCUT2D eigenvalue weighted by Gasteiger charge is 2.12. The number of piperazine rings is 1. The zero-order valence-corrected chi connectivity index (χ0v) is 16.0. The molecular formula is C20H24Cl2N2O. The van der Waals surface area contributed by atoms with Gasteiger partial charge in [0.25, 0.3) is 0 Å². The molecule has 0 saturated carbocycles. The molecule has 2 aromatic carbocycles. The van der Waals surface area contributed by atoms with Gasteiger partial charge in [-0.3, -0.25) is 0 Å². The molecule has 2 aromatic rings.